The van der Waals surface area contributed by atoms with E-state index in [4.69, 9.17) is 11.6 Å². The Morgan fingerprint density at radius 2 is 2.00 bits per heavy atom. The van der Waals surface area contributed by atoms with E-state index in [0.717, 1.165) is 4.47 Å². The molecular weight excluding hydrogens is 333 g/mol. The molecule has 0 fully saturated rings. The van der Waals surface area contributed by atoms with Crippen LogP contribution in [0.3, 0.4) is 0 Å². The zero-order valence-electron chi connectivity index (χ0n) is 5.07. The molecule has 0 N–H and O–H groups in total. The van der Waals surface area contributed by atoms with Crippen molar-refractivity contribution in [2.75, 3.05) is 0 Å². The van der Waals surface area contributed by atoms with Crippen LogP contribution < -0.4 is 0 Å². The minimum atomic E-state index is 0.708. The van der Waals surface area contributed by atoms with E-state index in [0.29, 0.717) is 5.02 Å². The van der Waals surface area contributed by atoms with Gasteiger partial charge in [0, 0.05) is 0 Å². The minimum absolute atomic E-state index is 0.708. The molecular formula is C6H3Br2ClZn. The first-order chi connectivity index (χ1) is 4.79. The van der Waals surface area contributed by atoms with Crippen LogP contribution in [0.5, 0.6) is 0 Å². The van der Waals surface area contributed by atoms with Crippen molar-refractivity contribution < 1.29 is 16.3 Å². The van der Waals surface area contributed by atoms with E-state index in [-0.39, 0.29) is 0 Å². The Morgan fingerprint density at radius 3 is 2.30 bits per heavy atom. The van der Waals surface area contributed by atoms with Gasteiger partial charge >= 0.3 is 30.0 Å². The van der Waals surface area contributed by atoms with Gasteiger partial charge in [0.1, 0.15) is 0 Å². The van der Waals surface area contributed by atoms with E-state index in [9.17, 15) is 0 Å². The molecule has 50 valence electrons. The van der Waals surface area contributed by atoms with Gasteiger partial charge in [0.25, 0.3) is 0 Å². The molecule has 0 atom stereocenters. The summed E-state index contributed by atoms with van der Waals surface area (Å²) in [6.07, 6.45) is 0. The second kappa shape index (κ2) is 6.78. The van der Waals surface area contributed by atoms with Gasteiger partial charge in [0.15, 0.2) is 0 Å². The van der Waals surface area contributed by atoms with Gasteiger partial charge in [-0.1, -0.05) is 9.50 Å². The number of benzene rings is 1. The van der Waals surface area contributed by atoms with Crippen LogP contribution in [0.2, 0.25) is 5.02 Å². The summed E-state index contributed by atoms with van der Waals surface area (Å²) >= 11 is 13.1. The summed E-state index contributed by atoms with van der Waals surface area (Å²) in [5, 5.41) is 0.708. The Kier molecular flexibility index (Phi) is 7.52. The number of rotatable bonds is 0. The summed E-state index contributed by atoms with van der Waals surface area (Å²) in [5.41, 5.74) is 0. The summed E-state index contributed by atoms with van der Waals surface area (Å²) in [7, 11) is 0. The van der Waals surface area contributed by atoms with Crippen molar-refractivity contribution in [2.45, 2.75) is 0 Å². The van der Waals surface area contributed by atoms with Crippen molar-refractivity contribution >= 4 is 41.2 Å². The zero-order chi connectivity index (χ0) is 7.98. The van der Waals surface area contributed by atoms with Gasteiger partial charge < -0.3 is 0 Å². The standard InChI is InChI=1S/C6H3BrCl.BrH.Zn/c7-5-2-1-3-6(8)4-5;;/h2-4H;1H;/q-1;;+2/p-1. The second-order valence-electron chi connectivity index (χ2n) is 1.37. The Balaban J connectivity index is 0.000000371. The summed E-state index contributed by atoms with van der Waals surface area (Å²) < 4.78 is 0.963. The molecule has 0 nitrogen and oxygen atoms in total. The first kappa shape index (κ1) is 11.1. The van der Waals surface area contributed by atoms with E-state index in [1.54, 1.807) is 6.07 Å². The average molecular weight is 336 g/mol. The van der Waals surface area contributed by atoms with Gasteiger partial charge in [-0.15, -0.1) is 22.0 Å². The summed E-state index contributed by atoms with van der Waals surface area (Å²) in [5.74, 6) is 0. The van der Waals surface area contributed by atoms with Gasteiger partial charge in [0.05, 0.1) is 0 Å². The fraction of sp³-hybridized carbons (Fsp3) is 0. The summed E-state index contributed by atoms with van der Waals surface area (Å²) in [4.78, 5) is 0. The second-order valence-corrected chi connectivity index (χ2v) is 2.72. The van der Waals surface area contributed by atoms with Crippen molar-refractivity contribution in [3.05, 3.63) is 33.8 Å². The van der Waals surface area contributed by atoms with E-state index < -0.39 is 0 Å². The third kappa shape index (κ3) is 4.84. The number of hydrogen-bond donors (Lipinski definition) is 0. The van der Waals surface area contributed by atoms with E-state index in [2.05, 4.69) is 35.6 Å². The van der Waals surface area contributed by atoms with Crippen molar-refractivity contribution in [2.24, 2.45) is 0 Å². The maximum atomic E-state index is 5.58. The van der Waals surface area contributed by atoms with E-state index in [1.807, 2.05) is 12.1 Å². The van der Waals surface area contributed by atoms with E-state index >= 15 is 0 Å². The molecule has 4 heteroatoms. The van der Waals surface area contributed by atoms with Crippen LogP contribution in [0.4, 0.5) is 0 Å². The Bertz CT molecular complexity index is 176. The van der Waals surface area contributed by atoms with Crippen molar-refractivity contribution in [1.82, 2.24) is 0 Å². The molecule has 0 aromatic heterocycles. The monoisotopic (exact) mass is 332 g/mol. The van der Waals surface area contributed by atoms with Crippen LogP contribution in [-0.4, -0.2) is 0 Å². The average Bonchev–Trinajstić information content (AvgIpc) is 1.91. The Hall–Kier alpha value is 1.09. The molecule has 1 aromatic carbocycles. The van der Waals surface area contributed by atoms with Crippen LogP contribution in [0.15, 0.2) is 22.7 Å². The van der Waals surface area contributed by atoms with Gasteiger partial charge in [-0.3, -0.25) is 0 Å². The molecule has 0 aliphatic carbocycles. The normalized spacial score (nSPS) is 8.10. The third-order valence-electron chi connectivity index (χ3n) is 0.718. The molecule has 0 bridgehead atoms. The molecule has 10 heavy (non-hydrogen) atoms. The fourth-order valence-corrected chi connectivity index (χ4v) is 1.11. The Morgan fingerprint density at radius 1 is 1.40 bits per heavy atom. The molecule has 0 saturated carbocycles. The van der Waals surface area contributed by atoms with Crippen LogP contribution in [0, 0.1) is 6.07 Å². The number of hydrogen-bond acceptors (Lipinski definition) is 0. The molecule has 0 amide bonds. The Labute approximate surface area is 90.5 Å². The summed E-state index contributed by atoms with van der Waals surface area (Å²) in [6.45, 7) is 0. The fourth-order valence-electron chi connectivity index (χ4n) is 0.416. The van der Waals surface area contributed by atoms with Crippen LogP contribution in [0.1, 0.15) is 0 Å². The van der Waals surface area contributed by atoms with Crippen molar-refractivity contribution in [1.29, 1.82) is 0 Å². The first-order valence-electron chi connectivity index (χ1n) is 2.38. The van der Waals surface area contributed by atoms with Crippen LogP contribution in [0.25, 0.3) is 0 Å². The van der Waals surface area contributed by atoms with Crippen LogP contribution >= 0.6 is 41.2 Å². The molecule has 0 radical (unpaired) electrons. The predicted molar refractivity (Wildman–Crippen MR) is 46.9 cm³/mol. The van der Waals surface area contributed by atoms with Crippen molar-refractivity contribution in [3.63, 3.8) is 0 Å². The predicted octanol–water partition coefficient (Wildman–Crippen LogP) is 3.75. The third-order valence-corrected chi connectivity index (χ3v) is 1.39. The van der Waals surface area contributed by atoms with Gasteiger partial charge in [-0.05, 0) is 0 Å². The SMILES string of the molecule is Clc1c[c-]cc(Br)c1.[Zn+][Br]. The molecule has 1 rings (SSSR count). The van der Waals surface area contributed by atoms with Crippen LogP contribution in [-0.2, 0) is 16.3 Å². The van der Waals surface area contributed by atoms with E-state index in [1.165, 1.54) is 16.3 Å². The van der Waals surface area contributed by atoms with Gasteiger partial charge in [-0.25, -0.2) is 0 Å². The zero-order valence-corrected chi connectivity index (χ0v) is 12.0. The molecule has 0 unspecified atom stereocenters. The number of halogens is 3. The molecule has 0 heterocycles. The van der Waals surface area contributed by atoms with Gasteiger partial charge in [-0.2, -0.15) is 29.8 Å². The summed E-state index contributed by atoms with van der Waals surface area (Å²) in [6, 6.07) is 8.19. The molecule has 0 aliphatic heterocycles. The quantitative estimate of drug-likeness (QED) is 0.500. The topological polar surface area (TPSA) is 0 Å². The van der Waals surface area contributed by atoms with Crippen molar-refractivity contribution in [3.8, 4) is 0 Å². The molecule has 0 aliphatic rings. The molecule has 0 saturated heterocycles. The first-order valence-corrected chi connectivity index (χ1v) is 10.5. The van der Waals surface area contributed by atoms with Gasteiger partial charge in [0.2, 0.25) is 0 Å². The molecule has 1 aromatic rings. The molecule has 0 spiro atoms. The maximum absolute atomic E-state index is 5.58.